The van der Waals surface area contributed by atoms with Crippen LogP contribution in [-0.4, -0.2) is 73.2 Å². The van der Waals surface area contributed by atoms with E-state index in [0.29, 0.717) is 12.2 Å². The lowest BCUT2D eigenvalue weighted by Gasteiger charge is -2.19. The number of aromatic hydroxyl groups is 1. The fourth-order valence-electron chi connectivity index (χ4n) is 2.74. The second-order valence-corrected chi connectivity index (χ2v) is 7.83. The highest BCUT2D eigenvalue weighted by Gasteiger charge is 2.12. The molecule has 0 aliphatic carbocycles. The van der Waals surface area contributed by atoms with E-state index in [9.17, 15) is 9.90 Å². The summed E-state index contributed by atoms with van der Waals surface area (Å²) in [7, 11) is 12.2. The molecule has 2 N–H and O–H groups in total. The molecule has 0 radical (unpaired) electrons. The second-order valence-electron chi connectivity index (χ2n) is 7.83. The highest BCUT2D eigenvalue weighted by molar-refractivity contribution is 5.66. The van der Waals surface area contributed by atoms with Gasteiger partial charge in [0.15, 0.2) is 0 Å². The van der Waals surface area contributed by atoms with Crippen molar-refractivity contribution in [3.8, 4) is 5.75 Å². The molecule has 27 heavy (non-hydrogen) atoms. The molecule has 0 aliphatic heterocycles. The van der Waals surface area contributed by atoms with Crippen molar-refractivity contribution in [1.29, 1.82) is 0 Å². The lowest BCUT2D eigenvalue weighted by molar-refractivity contribution is -0.137. The van der Waals surface area contributed by atoms with Gasteiger partial charge in [-0.25, -0.2) is 0 Å². The van der Waals surface area contributed by atoms with Gasteiger partial charge in [-0.2, -0.15) is 0 Å². The number of nitrogens with zero attached hydrogens (tertiary/aromatic N) is 3. The highest BCUT2D eigenvalue weighted by atomic mass is 16.4. The van der Waals surface area contributed by atoms with E-state index in [2.05, 4.69) is 47.9 Å². The Hall–Kier alpha value is -1.63. The fraction of sp³-hybridized carbons (Fsp3) is 0.667. The van der Waals surface area contributed by atoms with Gasteiger partial charge in [-0.1, -0.05) is 19.8 Å². The van der Waals surface area contributed by atoms with Crippen LogP contribution in [0.1, 0.15) is 49.3 Å². The molecule has 0 heterocycles. The Morgan fingerprint density at radius 1 is 0.852 bits per heavy atom. The van der Waals surface area contributed by atoms with Crippen LogP contribution < -0.4 is 0 Å². The summed E-state index contributed by atoms with van der Waals surface area (Å²) >= 11 is 0. The monoisotopic (exact) mass is 381 g/mol. The summed E-state index contributed by atoms with van der Waals surface area (Å²) in [4.78, 5) is 16.2. The molecule has 1 rings (SSSR count). The number of benzene rings is 1. The minimum Gasteiger partial charge on any atom is -0.507 e. The lowest BCUT2D eigenvalue weighted by Crippen LogP contribution is -2.16. The molecule has 0 saturated heterocycles. The van der Waals surface area contributed by atoms with Crippen LogP contribution >= 0.6 is 0 Å². The minimum absolute atomic E-state index is 0.327. The summed E-state index contributed by atoms with van der Waals surface area (Å²) in [6.45, 7) is 4.46. The number of carbonyl (C=O) groups is 1. The molecule has 0 unspecified atom stereocenters. The summed E-state index contributed by atoms with van der Waals surface area (Å²) in [5.41, 5.74) is 3.25. The van der Waals surface area contributed by atoms with E-state index >= 15 is 0 Å². The van der Waals surface area contributed by atoms with Crippen molar-refractivity contribution in [3.05, 3.63) is 28.8 Å². The van der Waals surface area contributed by atoms with E-state index < -0.39 is 5.97 Å². The van der Waals surface area contributed by atoms with Crippen LogP contribution in [0.4, 0.5) is 0 Å². The Morgan fingerprint density at radius 3 is 1.63 bits per heavy atom. The largest absolute Gasteiger partial charge is 0.507 e. The van der Waals surface area contributed by atoms with Gasteiger partial charge in [0.2, 0.25) is 0 Å². The van der Waals surface area contributed by atoms with Gasteiger partial charge in [-0.05, 0) is 66.4 Å². The van der Waals surface area contributed by atoms with Crippen LogP contribution in [0.5, 0.6) is 5.75 Å². The van der Waals surface area contributed by atoms with Crippen molar-refractivity contribution < 1.29 is 15.0 Å². The summed E-state index contributed by atoms with van der Waals surface area (Å²) in [5, 5.41) is 18.5. The molecule has 6 heteroatoms. The predicted molar refractivity (Wildman–Crippen MR) is 112 cm³/mol. The van der Waals surface area contributed by atoms with Gasteiger partial charge in [0.05, 0.1) is 0 Å². The van der Waals surface area contributed by atoms with Crippen molar-refractivity contribution >= 4 is 5.97 Å². The first-order valence-electron chi connectivity index (χ1n) is 9.56. The number of hydrogen-bond acceptors (Lipinski definition) is 5. The molecule has 156 valence electrons. The highest BCUT2D eigenvalue weighted by Crippen LogP contribution is 2.27. The first kappa shape index (κ1) is 25.4. The Bertz CT molecular complexity index is 527. The third kappa shape index (κ3) is 12.4. The molecule has 0 atom stereocenters. The molecule has 6 nitrogen and oxygen atoms in total. The summed E-state index contributed by atoms with van der Waals surface area (Å²) in [5.74, 6) is -0.247. The molecule has 0 fully saturated rings. The molecule has 0 amide bonds. The molecule has 0 spiro atoms. The number of hydrogen-bond donors (Lipinski definition) is 2. The number of unbranched alkanes of at least 4 members (excludes halogenated alkanes) is 2. The van der Waals surface area contributed by atoms with Gasteiger partial charge >= 0.3 is 5.97 Å². The smallest absolute Gasteiger partial charge is 0.303 e. The van der Waals surface area contributed by atoms with E-state index in [1.807, 2.05) is 28.2 Å². The number of carboxylic acids is 1. The maximum absolute atomic E-state index is 10.4. The van der Waals surface area contributed by atoms with Gasteiger partial charge in [-0.3, -0.25) is 4.79 Å². The van der Waals surface area contributed by atoms with Crippen LogP contribution in [0, 0.1) is 0 Å². The van der Waals surface area contributed by atoms with Crippen molar-refractivity contribution in [3.63, 3.8) is 0 Å². The first-order valence-corrected chi connectivity index (χ1v) is 9.56. The Kier molecular flexibility index (Phi) is 12.7. The Balaban J connectivity index is 0.000000713. The molecule has 0 saturated carbocycles. The van der Waals surface area contributed by atoms with Gasteiger partial charge in [0.25, 0.3) is 0 Å². The third-order valence-corrected chi connectivity index (χ3v) is 3.79. The Labute approximate surface area is 165 Å². The summed E-state index contributed by atoms with van der Waals surface area (Å²) in [6, 6.07) is 4.21. The zero-order valence-electron chi connectivity index (χ0n) is 18.2. The zero-order valence-corrected chi connectivity index (χ0v) is 18.2. The summed E-state index contributed by atoms with van der Waals surface area (Å²) < 4.78 is 0. The number of phenolic OH excluding ortho intramolecular Hbond substituents is 1. The maximum atomic E-state index is 10.4. The van der Waals surface area contributed by atoms with E-state index in [0.717, 1.165) is 50.0 Å². The maximum Gasteiger partial charge on any atom is 0.303 e. The number of aliphatic carboxylic acids is 1. The molecular formula is C21H39N3O3. The van der Waals surface area contributed by atoms with E-state index in [4.69, 9.17) is 5.11 Å². The Morgan fingerprint density at radius 2 is 1.30 bits per heavy atom. The van der Waals surface area contributed by atoms with Gasteiger partial charge < -0.3 is 24.9 Å². The van der Waals surface area contributed by atoms with Crippen LogP contribution in [0.2, 0.25) is 0 Å². The standard InChI is InChI=1S/C15H27N3O.C6H12O2/c1-16(2)9-12-7-13(10-17(3)4)15(19)14(8-12)11-18(5)6;1-2-3-4-5-6(7)8/h7-8,19H,9-11H2,1-6H3;2-5H2,1H3,(H,7,8). The van der Waals surface area contributed by atoms with Crippen LogP contribution in [0.3, 0.4) is 0 Å². The quantitative estimate of drug-likeness (QED) is 0.607. The lowest BCUT2D eigenvalue weighted by atomic mass is 10.0. The fourth-order valence-corrected chi connectivity index (χ4v) is 2.74. The van der Waals surface area contributed by atoms with Crippen LogP contribution in [-0.2, 0) is 24.4 Å². The average Bonchev–Trinajstić information content (AvgIpc) is 2.51. The molecular weight excluding hydrogens is 342 g/mol. The second kappa shape index (κ2) is 13.5. The van der Waals surface area contributed by atoms with Crippen molar-refractivity contribution in [2.24, 2.45) is 0 Å². The zero-order chi connectivity index (χ0) is 21.0. The van der Waals surface area contributed by atoms with Crippen molar-refractivity contribution in [2.75, 3.05) is 42.3 Å². The molecule has 1 aromatic carbocycles. The van der Waals surface area contributed by atoms with E-state index in [1.54, 1.807) is 0 Å². The first-order chi connectivity index (χ1) is 12.6. The number of carboxylic acid groups (broad SMARTS) is 1. The molecule has 0 aliphatic rings. The van der Waals surface area contributed by atoms with Gasteiger partial charge in [-0.15, -0.1) is 0 Å². The predicted octanol–water partition coefficient (Wildman–Crippen LogP) is 3.23. The third-order valence-electron chi connectivity index (χ3n) is 3.79. The molecule has 0 bridgehead atoms. The number of phenols is 1. The van der Waals surface area contributed by atoms with Crippen molar-refractivity contribution in [1.82, 2.24) is 14.7 Å². The molecule has 0 aromatic heterocycles. The van der Waals surface area contributed by atoms with Crippen LogP contribution in [0.25, 0.3) is 0 Å². The van der Waals surface area contributed by atoms with Gasteiger partial charge in [0.1, 0.15) is 5.75 Å². The van der Waals surface area contributed by atoms with E-state index in [-0.39, 0.29) is 0 Å². The minimum atomic E-state index is -0.682. The van der Waals surface area contributed by atoms with Crippen molar-refractivity contribution in [2.45, 2.75) is 52.2 Å². The normalized spacial score (nSPS) is 11.0. The molecule has 1 aromatic rings. The SMILES string of the molecule is CCCCCC(=O)O.CN(C)Cc1cc(CN(C)C)c(O)c(CN(C)C)c1. The van der Waals surface area contributed by atoms with Gasteiger partial charge in [0, 0.05) is 37.2 Å². The van der Waals surface area contributed by atoms with E-state index in [1.165, 1.54) is 5.56 Å². The average molecular weight is 382 g/mol. The topological polar surface area (TPSA) is 67.2 Å². The van der Waals surface area contributed by atoms with Crippen LogP contribution in [0.15, 0.2) is 12.1 Å². The summed E-state index contributed by atoms with van der Waals surface area (Å²) in [6.07, 6.45) is 3.28. The number of rotatable bonds is 10.